The van der Waals surface area contributed by atoms with Crippen LogP contribution >= 0.6 is 0 Å². The van der Waals surface area contributed by atoms with E-state index in [1.165, 1.54) is 0 Å². The minimum Gasteiger partial charge on any atom is -0.379 e. The Morgan fingerprint density at radius 3 is 2.92 bits per heavy atom. The van der Waals surface area contributed by atoms with Gasteiger partial charge in [0.15, 0.2) is 0 Å². The number of hydrogen-bond donors (Lipinski definition) is 1. The lowest BCUT2D eigenvalue weighted by atomic mass is 9.96. The molecule has 2 aliphatic heterocycles. The molecule has 2 aromatic rings. The molecule has 0 bridgehead atoms. The quantitative estimate of drug-likeness (QED) is 0.882. The van der Waals surface area contributed by atoms with Crippen molar-refractivity contribution < 1.29 is 9.53 Å². The van der Waals surface area contributed by atoms with Gasteiger partial charge >= 0.3 is 0 Å². The lowest BCUT2D eigenvalue weighted by Crippen LogP contribution is -2.39. The largest absolute Gasteiger partial charge is 0.379 e. The van der Waals surface area contributed by atoms with Gasteiger partial charge in [-0.15, -0.1) is 10.2 Å². The lowest BCUT2D eigenvalue weighted by molar-refractivity contribution is 0.0326. The van der Waals surface area contributed by atoms with Crippen LogP contribution in [-0.2, 0) is 18.3 Å². The number of H-pyrrole nitrogens is 1. The van der Waals surface area contributed by atoms with Crippen LogP contribution in [0, 0.1) is 0 Å². The molecule has 2 aliphatic rings. The second kappa shape index (κ2) is 7.59. The van der Waals surface area contributed by atoms with Gasteiger partial charge in [0, 0.05) is 51.5 Å². The number of ether oxygens (including phenoxy) is 1. The van der Waals surface area contributed by atoms with E-state index in [4.69, 9.17) is 4.74 Å². The monoisotopic (exact) mass is 358 g/mol. The molecule has 1 atom stereocenters. The Morgan fingerprint density at radius 2 is 2.15 bits per heavy atom. The number of nitrogens with zero attached hydrogens (tertiary/aromatic N) is 5. The van der Waals surface area contributed by atoms with Crippen LogP contribution in [0.2, 0.25) is 0 Å². The van der Waals surface area contributed by atoms with Gasteiger partial charge < -0.3 is 19.2 Å². The van der Waals surface area contributed by atoms with Crippen LogP contribution in [-0.4, -0.2) is 74.8 Å². The third kappa shape index (κ3) is 3.52. The molecule has 4 heterocycles. The van der Waals surface area contributed by atoms with Crippen molar-refractivity contribution in [3.63, 3.8) is 0 Å². The van der Waals surface area contributed by atoms with Crippen molar-refractivity contribution in [1.82, 2.24) is 29.5 Å². The summed E-state index contributed by atoms with van der Waals surface area (Å²) in [6.45, 7) is 5.74. The van der Waals surface area contributed by atoms with E-state index in [1.807, 2.05) is 18.0 Å². The zero-order valence-corrected chi connectivity index (χ0v) is 15.2. The van der Waals surface area contributed by atoms with Gasteiger partial charge in [0.1, 0.15) is 11.6 Å². The zero-order valence-electron chi connectivity index (χ0n) is 15.2. The summed E-state index contributed by atoms with van der Waals surface area (Å²) < 4.78 is 7.52. The van der Waals surface area contributed by atoms with Crippen molar-refractivity contribution in [3.8, 4) is 0 Å². The molecule has 140 valence electrons. The van der Waals surface area contributed by atoms with E-state index in [0.29, 0.717) is 6.54 Å². The van der Waals surface area contributed by atoms with Crippen molar-refractivity contribution >= 4 is 5.91 Å². The number of aromatic nitrogens is 4. The van der Waals surface area contributed by atoms with Gasteiger partial charge in [0.25, 0.3) is 5.91 Å². The second-order valence-corrected chi connectivity index (χ2v) is 7.11. The third-order valence-electron chi connectivity index (χ3n) is 5.39. The number of carbonyl (C=O) groups is 1. The predicted molar refractivity (Wildman–Crippen MR) is 95.8 cm³/mol. The Kier molecular flexibility index (Phi) is 5.03. The molecule has 2 saturated heterocycles. The molecule has 0 aliphatic carbocycles. The van der Waals surface area contributed by atoms with Gasteiger partial charge in [-0.05, 0) is 18.9 Å². The number of morpholine rings is 1. The molecule has 8 heteroatoms. The first-order valence-corrected chi connectivity index (χ1v) is 9.32. The van der Waals surface area contributed by atoms with Crippen LogP contribution in [0.25, 0.3) is 0 Å². The summed E-state index contributed by atoms with van der Waals surface area (Å²) in [6, 6.07) is 1.83. The number of rotatable bonds is 4. The zero-order chi connectivity index (χ0) is 17.9. The summed E-state index contributed by atoms with van der Waals surface area (Å²) >= 11 is 0. The van der Waals surface area contributed by atoms with E-state index in [9.17, 15) is 4.79 Å². The fraction of sp³-hybridized carbons (Fsp3) is 0.611. The lowest BCUT2D eigenvalue weighted by Gasteiger charge is -2.32. The van der Waals surface area contributed by atoms with Crippen molar-refractivity contribution in [2.24, 2.45) is 7.05 Å². The van der Waals surface area contributed by atoms with Crippen LogP contribution in [0.4, 0.5) is 0 Å². The summed E-state index contributed by atoms with van der Waals surface area (Å²) in [5.74, 6) is 2.30. The summed E-state index contributed by atoms with van der Waals surface area (Å²) in [6.07, 6.45) is 5.58. The summed E-state index contributed by atoms with van der Waals surface area (Å²) in [7, 11) is 2.04. The summed E-state index contributed by atoms with van der Waals surface area (Å²) in [5.41, 5.74) is 0.719. The van der Waals surface area contributed by atoms with Crippen molar-refractivity contribution in [2.45, 2.75) is 25.3 Å². The highest BCUT2D eigenvalue weighted by Gasteiger charge is 2.29. The molecule has 1 N–H and O–H groups in total. The number of piperidine rings is 1. The molecule has 1 amide bonds. The summed E-state index contributed by atoms with van der Waals surface area (Å²) in [4.78, 5) is 19.9. The van der Waals surface area contributed by atoms with Crippen molar-refractivity contribution in [3.05, 3.63) is 35.7 Å². The smallest absolute Gasteiger partial charge is 0.255 e. The van der Waals surface area contributed by atoms with E-state index in [-0.39, 0.29) is 11.8 Å². The van der Waals surface area contributed by atoms with Gasteiger partial charge in [-0.3, -0.25) is 9.69 Å². The molecular formula is C18H26N6O2. The SMILES string of the molecule is Cn1c(CN2CCOCC2)nnc1[C@@H]1CCCN(C(=O)c2cc[nH]c2)C1. The average Bonchev–Trinajstić information content (AvgIpc) is 3.33. The maximum absolute atomic E-state index is 12.6. The highest BCUT2D eigenvalue weighted by atomic mass is 16.5. The first kappa shape index (κ1) is 17.2. The van der Waals surface area contributed by atoms with Gasteiger partial charge in [-0.25, -0.2) is 0 Å². The number of aromatic amines is 1. The fourth-order valence-corrected chi connectivity index (χ4v) is 3.84. The molecule has 0 saturated carbocycles. The van der Waals surface area contributed by atoms with Crippen LogP contribution in [0.5, 0.6) is 0 Å². The topological polar surface area (TPSA) is 79.3 Å². The standard InChI is InChI=1S/C18H26N6O2/c1-22-16(13-23-7-9-26-10-8-23)20-21-17(22)15-3-2-6-24(12-15)18(25)14-4-5-19-11-14/h4-5,11,15,19H,2-3,6-10,12-13H2,1H3/t15-/m1/s1. The van der Waals surface area contributed by atoms with Crippen LogP contribution in [0.15, 0.2) is 18.5 Å². The van der Waals surface area contributed by atoms with Crippen molar-refractivity contribution in [2.75, 3.05) is 39.4 Å². The average molecular weight is 358 g/mol. The van der Waals surface area contributed by atoms with Gasteiger partial charge in [0.05, 0.1) is 25.3 Å². The molecular weight excluding hydrogens is 332 g/mol. The highest BCUT2D eigenvalue weighted by Crippen LogP contribution is 2.27. The van der Waals surface area contributed by atoms with Gasteiger partial charge in [-0.2, -0.15) is 0 Å². The van der Waals surface area contributed by atoms with Crippen LogP contribution < -0.4 is 0 Å². The Hall–Kier alpha value is -2.19. The highest BCUT2D eigenvalue weighted by molar-refractivity contribution is 5.94. The molecule has 2 fully saturated rings. The maximum atomic E-state index is 12.6. The number of carbonyl (C=O) groups excluding carboxylic acids is 1. The molecule has 2 aromatic heterocycles. The Morgan fingerprint density at radius 1 is 1.31 bits per heavy atom. The Labute approximate surface area is 153 Å². The predicted octanol–water partition coefficient (Wildman–Crippen LogP) is 0.995. The van der Waals surface area contributed by atoms with Crippen LogP contribution in [0.1, 0.15) is 40.8 Å². The first-order chi connectivity index (χ1) is 12.7. The van der Waals surface area contributed by atoms with E-state index in [0.717, 1.165) is 69.4 Å². The minimum absolute atomic E-state index is 0.0895. The van der Waals surface area contributed by atoms with Gasteiger partial charge in [0.2, 0.25) is 0 Å². The van der Waals surface area contributed by atoms with E-state index >= 15 is 0 Å². The second-order valence-electron chi connectivity index (χ2n) is 7.11. The van der Waals surface area contributed by atoms with Crippen LogP contribution in [0.3, 0.4) is 0 Å². The molecule has 8 nitrogen and oxygen atoms in total. The van der Waals surface area contributed by atoms with E-state index < -0.39 is 0 Å². The Bertz CT molecular complexity index is 735. The molecule has 0 aromatic carbocycles. The first-order valence-electron chi connectivity index (χ1n) is 9.32. The fourth-order valence-electron chi connectivity index (χ4n) is 3.84. The molecule has 0 radical (unpaired) electrons. The number of amides is 1. The van der Waals surface area contributed by atoms with E-state index in [1.54, 1.807) is 12.4 Å². The molecule has 0 spiro atoms. The number of likely N-dealkylation sites (tertiary alicyclic amines) is 1. The molecule has 0 unspecified atom stereocenters. The minimum atomic E-state index is 0.0895. The summed E-state index contributed by atoms with van der Waals surface area (Å²) in [5, 5.41) is 8.90. The maximum Gasteiger partial charge on any atom is 0.255 e. The molecule has 26 heavy (non-hydrogen) atoms. The molecule has 4 rings (SSSR count). The Balaban J connectivity index is 1.44. The van der Waals surface area contributed by atoms with Crippen molar-refractivity contribution in [1.29, 1.82) is 0 Å². The third-order valence-corrected chi connectivity index (χ3v) is 5.39. The number of hydrogen-bond acceptors (Lipinski definition) is 5. The van der Waals surface area contributed by atoms with E-state index in [2.05, 4.69) is 24.6 Å². The number of nitrogens with one attached hydrogen (secondary N) is 1. The van der Waals surface area contributed by atoms with Gasteiger partial charge in [-0.1, -0.05) is 0 Å². The normalized spacial score (nSPS) is 21.9.